The lowest BCUT2D eigenvalue weighted by molar-refractivity contribution is -0.274. The van der Waals surface area contributed by atoms with Crippen molar-refractivity contribution in [2.24, 2.45) is 23.2 Å². The van der Waals surface area contributed by atoms with Gasteiger partial charge in [-0.1, -0.05) is 18.2 Å². The molecule has 0 amide bonds. The van der Waals surface area contributed by atoms with Gasteiger partial charge in [0.25, 0.3) is 0 Å². The number of para-hydroxylation sites is 1. The minimum atomic E-state index is -4.80. The quantitative estimate of drug-likeness (QED) is 0.250. The molecule has 4 bridgehead atoms. The molecule has 0 radical (unpaired) electrons. The van der Waals surface area contributed by atoms with Gasteiger partial charge in [-0.3, -0.25) is 0 Å². The summed E-state index contributed by atoms with van der Waals surface area (Å²) in [4.78, 5) is 8.63. The van der Waals surface area contributed by atoms with Crippen molar-refractivity contribution < 1.29 is 28.1 Å². The van der Waals surface area contributed by atoms with Crippen LogP contribution in [0.5, 0.6) is 5.75 Å². The van der Waals surface area contributed by atoms with E-state index in [9.17, 15) is 28.6 Å². The highest BCUT2D eigenvalue weighted by atomic mass is 35.5. The van der Waals surface area contributed by atoms with E-state index in [4.69, 9.17) is 0 Å². The van der Waals surface area contributed by atoms with Crippen molar-refractivity contribution in [1.82, 2.24) is 15.3 Å². The van der Waals surface area contributed by atoms with Crippen LogP contribution < -0.4 is 20.7 Å². The molecular formula is C27H35Cl2F3N6O3. The van der Waals surface area contributed by atoms with Crippen molar-refractivity contribution >= 4 is 36.6 Å². The Balaban J connectivity index is 0.00000231. The van der Waals surface area contributed by atoms with E-state index < -0.39 is 6.36 Å². The van der Waals surface area contributed by atoms with E-state index in [0.29, 0.717) is 41.2 Å². The molecule has 4 fully saturated rings. The summed E-state index contributed by atoms with van der Waals surface area (Å²) in [7, 11) is 0. The van der Waals surface area contributed by atoms with Crippen LogP contribution in [0.2, 0.25) is 0 Å². The molecule has 2 aromatic rings. The van der Waals surface area contributed by atoms with Gasteiger partial charge in [0.05, 0.1) is 25.5 Å². The van der Waals surface area contributed by atoms with Crippen molar-refractivity contribution in [2.75, 3.05) is 30.4 Å². The SMILES string of the molecule is Cl.Cl.N#Cc1cnc(NCc2ccccc2OC(F)(F)F)nc1NCC12CC3C[C@H](C1)[C@H](NC(CO)CO)[C@@H](C3)C2. The average Bonchev–Trinajstić information content (AvgIpc) is 2.90. The highest BCUT2D eigenvalue weighted by Crippen LogP contribution is 2.60. The summed E-state index contributed by atoms with van der Waals surface area (Å²) >= 11 is 0. The molecule has 0 saturated heterocycles. The zero-order chi connectivity index (χ0) is 27.6. The largest absolute Gasteiger partial charge is 0.573 e. The molecule has 0 aliphatic heterocycles. The van der Waals surface area contributed by atoms with Crippen molar-refractivity contribution in [3.8, 4) is 11.8 Å². The van der Waals surface area contributed by atoms with Gasteiger partial charge in [-0.15, -0.1) is 38.0 Å². The molecule has 5 N–H and O–H groups in total. The number of hydrogen-bond acceptors (Lipinski definition) is 9. The van der Waals surface area contributed by atoms with Crippen LogP contribution in [-0.4, -0.2) is 58.4 Å². The van der Waals surface area contributed by atoms with E-state index in [1.54, 1.807) is 6.07 Å². The fraction of sp³-hybridized carbons (Fsp3) is 0.593. The third-order valence-electron chi connectivity index (χ3n) is 8.44. The number of alkyl halides is 3. The standard InChI is InChI=1S/C27H33F3N6O3.2ClH/c28-27(29,30)39-22-4-2-1-3-17(22)11-32-25-33-12-20(10-31)24(36-25)34-15-26-7-16-5-18(8-26)23(19(6-16)9-26)35-21(13-37)14-38;;/h1-4,12,16,18-19,21,23,35,37-38H,5-9,11,13-15H2,(H2,32,33,34,36);2*1H/t16?,18-,19+,23+,26?;;. The number of ether oxygens (including phenoxy) is 1. The summed E-state index contributed by atoms with van der Waals surface area (Å²) in [5.74, 6) is 1.85. The smallest absolute Gasteiger partial charge is 0.405 e. The normalized spacial score (nSPS) is 26.1. The second kappa shape index (κ2) is 13.6. The summed E-state index contributed by atoms with van der Waals surface area (Å²) < 4.78 is 42.4. The number of nitrogens with one attached hydrogen (secondary N) is 3. The van der Waals surface area contributed by atoms with Crippen LogP contribution in [0.3, 0.4) is 0 Å². The van der Waals surface area contributed by atoms with Crippen LogP contribution in [-0.2, 0) is 6.54 Å². The first-order valence-corrected chi connectivity index (χ1v) is 13.3. The summed E-state index contributed by atoms with van der Waals surface area (Å²) in [6.45, 7) is 0.471. The Labute approximate surface area is 249 Å². The van der Waals surface area contributed by atoms with Gasteiger partial charge in [0.15, 0.2) is 0 Å². The second-order valence-electron chi connectivity index (χ2n) is 11.2. The van der Waals surface area contributed by atoms with E-state index >= 15 is 0 Å². The Kier molecular flexibility index (Phi) is 10.9. The Morgan fingerprint density at radius 2 is 1.76 bits per heavy atom. The minimum Gasteiger partial charge on any atom is -0.405 e. The first-order valence-electron chi connectivity index (χ1n) is 13.3. The van der Waals surface area contributed by atoms with Crippen LogP contribution in [0.25, 0.3) is 0 Å². The summed E-state index contributed by atoms with van der Waals surface area (Å²) in [5, 5.41) is 38.5. The van der Waals surface area contributed by atoms with Crippen molar-refractivity contribution in [3.63, 3.8) is 0 Å². The number of aliphatic hydroxyl groups excluding tert-OH is 2. The minimum absolute atomic E-state index is 0. The lowest BCUT2D eigenvalue weighted by Crippen LogP contribution is -2.61. The predicted molar refractivity (Wildman–Crippen MR) is 151 cm³/mol. The van der Waals surface area contributed by atoms with Crippen LogP contribution in [0.4, 0.5) is 24.9 Å². The lowest BCUT2D eigenvalue weighted by atomic mass is 9.48. The molecule has 41 heavy (non-hydrogen) atoms. The van der Waals surface area contributed by atoms with Gasteiger partial charge in [-0.2, -0.15) is 10.2 Å². The van der Waals surface area contributed by atoms with Gasteiger partial charge in [0.1, 0.15) is 23.2 Å². The number of aromatic nitrogens is 2. The molecule has 5 atom stereocenters. The molecule has 2 unspecified atom stereocenters. The molecule has 1 aromatic carbocycles. The number of hydrogen-bond donors (Lipinski definition) is 5. The molecule has 14 heteroatoms. The highest BCUT2D eigenvalue weighted by molar-refractivity contribution is 5.85. The maximum Gasteiger partial charge on any atom is 0.573 e. The molecule has 9 nitrogen and oxygen atoms in total. The molecule has 4 aliphatic rings. The fourth-order valence-corrected chi connectivity index (χ4v) is 7.12. The molecular weight excluding hydrogens is 584 g/mol. The Morgan fingerprint density at radius 1 is 1.07 bits per heavy atom. The maximum atomic E-state index is 12.8. The monoisotopic (exact) mass is 618 g/mol. The first-order chi connectivity index (χ1) is 18.7. The zero-order valence-electron chi connectivity index (χ0n) is 22.2. The lowest BCUT2D eigenvalue weighted by Gasteiger charge is -2.60. The third kappa shape index (κ3) is 7.64. The third-order valence-corrected chi connectivity index (χ3v) is 8.44. The van der Waals surface area contributed by atoms with E-state index in [2.05, 4.69) is 36.7 Å². The average molecular weight is 620 g/mol. The van der Waals surface area contributed by atoms with Gasteiger partial charge in [-0.25, -0.2) is 4.98 Å². The highest BCUT2D eigenvalue weighted by Gasteiger charge is 2.55. The summed E-state index contributed by atoms with van der Waals surface area (Å²) in [6, 6.07) is 7.94. The molecule has 4 aliphatic carbocycles. The van der Waals surface area contributed by atoms with Crippen LogP contribution >= 0.6 is 24.8 Å². The molecule has 6 rings (SSSR count). The second-order valence-corrected chi connectivity index (χ2v) is 11.2. The number of aliphatic hydroxyl groups is 2. The number of benzene rings is 1. The van der Waals surface area contributed by atoms with Crippen LogP contribution in [0.15, 0.2) is 30.5 Å². The van der Waals surface area contributed by atoms with Gasteiger partial charge < -0.3 is 30.9 Å². The van der Waals surface area contributed by atoms with E-state index in [0.717, 1.165) is 32.1 Å². The Morgan fingerprint density at radius 3 is 2.39 bits per heavy atom. The maximum absolute atomic E-state index is 12.8. The first kappa shape index (κ1) is 32.9. The molecule has 1 aromatic heterocycles. The van der Waals surface area contributed by atoms with Crippen molar-refractivity contribution in [2.45, 2.75) is 57.1 Å². The predicted octanol–water partition coefficient (Wildman–Crippen LogP) is 4.25. The Hall–Kier alpha value is -2.56. The number of rotatable bonds is 11. The summed E-state index contributed by atoms with van der Waals surface area (Å²) in [5.41, 5.74) is 0.653. The van der Waals surface area contributed by atoms with Crippen LogP contribution in [0.1, 0.15) is 43.2 Å². The zero-order valence-corrected chi connectivity index (χ0v) is 23.9. The van der Waals surface area contributed by atoms with Gasteiger partial charge in [-0.05, 0) is 61.3 Å². The number of halogens is 5. The van der Waals surface area contributed by atoms with Gasteiger partial charge in [0, 0.05) is 24.7 Å². The van der Waals surface area contributed by atoms with E-state index in [1.807, 2.05) is 0 Å². The van der Waals surface area contributed by atoms with Gasteiger partial charge in [0.2, 0.25) is 5.95 Å². The van der Waals surface area contributed by atoms with E-state index in [1.165, 1.54) is 24.4 Å². The molecule has 226 valence electrons. The molecule has 4 saturated carbocycles. The van der Waals surface area contributed by atoms with Gasteiger partial charge >= 0.3 is 6.36 Å². The van der Waals surface area contributed by atoms with Crippen molar-refractivity contribution in [1.29, 1.82) is 5.26 Å². The topological polar surface area (TPSA) is 135 Å². The van der Waals surface area contributed by atoms with Crippen molar-refractivity contribution in [3.05, 3.63) is 41.6 Å². The van der Waals surface area contributed by atoms with Crippen LogP contribution in [0, 0.1) is 34.5 Å². The Bertz CT molecular complexity index is 1200. The molecule has 1 heterocycles. The number of nitriles is 1. The molecule has 0 spiro atoms. The number of anilines is 2. The fourth-order valence-electron chi connectivity index (χ4n) is 7.12. The summed E-state index contributed by atoms with van der Waals surface area (Å²) in [6.07, 6.45) is 2.03. The van der Waals surface area contributed by atoms with E-state index in [-0.39, 0.29) is 73.8 Å². The number of nitrogens with zero attached hydrogens (tertiary/aromatic N) is 3.